The zero-order valence-electron chi connectivity index (χ0n) is 22.4. The molecule has 1 N–H and O–H groups in total. The molecule has 2 aliphatic rings. The van der Waals surface area contributed by atoms with E-state index in [0.717, 1.165) is 31.7 Å². The first kappa shape index (κ1) is 28.6. The molecule has 1 amide bonds. The Morgan fingerprint density at radius 2 is 1.79 bits per heavy atom. The number of halogens is 3. The number of amides is 1. The van der Waals surface area contributed by atoms with Gasteiger partial charge in [-0.25, -0.2) is 9.97 Å². The Bertz CT molecular complexity index is 1160. The van der Waals surface area contributed by atoms with Crippen molar-refractivity contribution < 1.29 is 18.0 Å². The third kappa shape index (κ3) is 7.58. The van der Waals surface area contributed by atoms with Gasteiger partial charge in [0.1, 0.15) is 17.7 Å². The van der Waals surface area contributed by atoms with Crippen LogP contribution in [0.25, 0.3) is 0 Å². The number of nitrogens with zero attached hydrogens (tertiary/aromatic N) is 7. The second kappa shape index (κ2) is 12.6. The molecule has 2 fully saturated rings. The topological polar surface area (TPSA) is 91.6 Å². The lowest BCUT2D eigenvalue weighted by atomic mass is 10.1. The van der Waals surface area contributed by atoms with Crippen LogP contribution in [0.2, 0.25) is 0 Å². The number of nitriles is 1. The molecule has 12 heteroatoms. The van der Waals surface area contributed by atoms with Crippen molar-refractivity contribution in [1.29, 1.82) is 5.26 Å². The minimum atomic E-state index is -4.70. The Morgan fingerprint density at radius 1 is 1.10 bits per heavy atom. The van der Waals surface area contributed by atoms with Gasteiger partial charge in [-0.2, -0.15) is 18.4 Å². The van der Waals surface area contributed by atoms with Crippen LogP contribution in [-0.4, -0.2) is 98.2 Å². The molecule has 0 radical (unpaired) electrons. The maximum atomic E-state index is 13.8. The molecule has 4 rings (SSSR count). The van der Waals surface area contributed by atoms with Crippen LogP contribution in [0.1, 0.15) is 29.8 Å². The molecule has 9 nitrogen and oxygen atoms in total. The van der Waals surface area contributed by atoms with Crippen LogP contribution >= 0.6 is 0 Å². The molecule has 39 heavy (non-hydrogen) atoms. The summed E-state index contributed by atoms with van der Waals surface area (Å²) in [6.07, 6.45) is -2.90. The van der Waals surface area contributed by atoms with Gasteiger partial charge in [0.2, 0.25) is 11.7 Å². The SMILES string of the molecule is CN(C)CCN1CCN(c2cc(N3CCCC3C(=O)NCCc3ccc(C#N)cc3)nc(C(F)(F)F)n2)CC1. The number of hydrogen-bond donors (Lipinski definition) is 1. The lowest BCUT2D eigenvalue weighted by Crippen LogP contribution is -2.48. The molecule has 0 spiro atoms. The van der Waals surface area contributed by atoms with Crippen molar-refractivity contribution in [3.05, 3.63) is 47.3 Å². The standard InChI is InChI=1S/C27H35F3N8O/c1-35(2)12-13-36-14-16-37(17-15-36)23-18-24(34-26(33-23)27(28,29)30)38-11-3-4-22(38)25(39)32-10-9-20-5-7-21(19-31)8-6-20/h5-8,18,22H,3-4,9-17H2,1-2H3,(H,32,39). The van der Waals surface area contributed by atoms with Crippen LogP contribution < -0.4 is 15.1 Å². The minimum Gasteiger partial charge on any atom is -0.354 e. The summed E-state index contributed by atoms with van der Waals surface area (Å²) in [4.78, 5) is 28.7. The van der Waals surface area contributed by atoms with Crippen LogP contribution in [0.15, 0.2) is 30.3 Å². The van der Waals surface area contributed by atoms with Crippen molar-refractivity contribution in [3.63, 3.8) is 0 Å². The molecule has 1 aromatic heterocycles. The van der Waals surface area contributed by atoms with Gasteiger partial charge < -0.3 is 20.0 Å². The van der Waals surface area contributed by atoms with E-state index in [1.165, 1.54) is 0 Å². The highest BCUT2D eigenvalue weighted by atomic mass is 19.4. The summed E-state index contributed by atoms with van der Waals surface area (Å²) < 4.78 is 41.4. The van der Waals surface area contributed by atoms with E-state index in [1.54, 1.807) is 23.1 Å². The van der Waals surface area contributed by atoms with Gasteiger partial charge in [0, 0.05) is 58.4 Å². The summed E-state index contributed by atoms with van der Waals surface area (Å²) >= 11 is 0. The lowest BCUT2D eigenvalue weighted by Gasteiger charge is -2.36. The fraction of sp³-hybridized carbons (Fsp3) is 0.556. The van der Waals surface area contributed by atoms with Gasteiger partial charge in [-0.15, -0.1) is 0 Å². The van der Waals surface area contributed by atoms with Gasteiger partial charge in [0.05, 0.1) is 11.6 Å². The van der Waals surface area contributed by atoms with E-state index in [-0.39, 0.29) is 17.5 Å². The molecule has 0 bridgehead atoms. The first-order valence-electron chi connectivity index (χ1n) is 13.3. The zero-order chi connectivity index (χ0) is 28.0. The third-order valence-corrected chi connectivity index (χ3v) is 7.16. The number of piperazine rings is 1. The first-order valence-corrected chi connectivity index (χ1v) is 13.3. The van der Waals surface area contributed by atoms with Gasteiger partial charge in [0.15, 0.2) is 0 Å². The van der Waals surface area contributed by atoms with E-state index in [0.29, 0.717) is 51.0 Å². The Hall–Kier alpha value is -3.43. The van der Waals surface area contributed by atoms with Gasteiger partial charge >= 0.3 is 6.18 Å². The number of likely N-dealkylation sites (N-methyl/N-ethyl adjacent to an activating group) is 1. The van der Waals surface area contributed by atoms with E-state index in [2.05, 4.69) is 31.2 Å². The number of alkyl halides is 3. The maximum Gasteiger partial charge on any atom is 0.451 e. The number of carbonyl (C=O) groups is 1. The molecule has 1 atom stereocenters. The molecule has 210 valence electrons. The molecule has 0 aliphatic carbocycles. The molecule has 1 aromatic carbocycles. The van der Waals surface area contributed by atoms with E-state index < -0.39 is 18.0 Å². The van der Waals surface area contributed by atoms with Crippen LogP contribution in [0.3, 0.4) is 0 Å². The number of carbonyl (C=O) groups excluding carboxylic acids is 1. The Morgan fingerprint density at radius 3 is 2.44 bits per heavy atom. The average Bonchev–Trinajstić information content (AvgIpc) is 3.42. The minimum absolute atomic E-state index is 0.132. The number of nitrogens with one attached hydrogen (secondary N) is 1. The molecule has 2 aliphatic heterocycles. The highest BCUT2D eigenvalue weighted by molar-refractivity contribution is 5.85. The van der Waals surface area contributed by atoms with E-state index in [9.17, 15) is 18.0 Å². The predicted octanol–water partition coefficient (Wildman–Crippen LogP) is 2.38. The summed E-state index contributed by atoms with van der Waals surface area (Å²) in [5.41, 5.74) is 1.55. The highest BCUT2D eigenvalue weighted by Gasteiger charge is 2.38. The fourth-order valence-electron chi connectivity index (χ4n) is 4.91. The van der Waals surface area contributed by atoms with Crippen LogP contribution in [0.5, 0.6) is 0 Å². The first-order chi connectivity index (χ1) is 18.6. The number of benzene rings is 1. The molecule has 2 aromatic rings. The third-order valence-electron chi connectivity index (χ3n) is 7.16. The predicted molar refractivity (Wildman–Crippen MR) is 142 cm³/mol. The van der Waals surface area contributed by atoms with Gasteiger partial charge in [-0.3, -0.25) is 9.69 Å². The second-order valence-electron chi connectivity index (χ2n) is 10.2. The van der Waals surface area contributed by atoms with Crippen molar-refractivity contribution in [1.82, 2.24) is 25.1 Å². The molecular weight excluding hydrogens is 509 g/mol. The van der Waals surface area contributed by atoms with Crippen LogP contribution in [-0.2, 0) is 17.4 Å². The Labute approximate surface area is 227 Å². The number of rotatable bonds is 9. The largest absolute Gasteiger partial charge is 0.451 e. The van der Waals surface area contributed by atoms with Gasteiger partial charge in [-0.05, 0) is 51.1 Å². The smallest absolute Gasteiger partial charge is 0.354 e. The summed E-state index contributed by atoms with van der Waals surface area (Å²) in [7, 11) is 4.03. The van der Waals surface area contributed by atoms with Crippen molar-refractivity contribution in [2.45, 2.75) is 31.5 Å². The van der Waals surface area contributed by atoms with Crippen molar-refractivity contribution >= 4 is 17.5 Å². The molecule has 1 unspecified atom stereocenters. The maximum absolute atomic E-state index is 13.8. The van der Waals surface area contributed by atoms with Crippen LogP contribution in [0.4, 0.5) is 24.8 Å². The number of anilines is 2. The molecular formula is C27H35F3N8O. The fourth-order valence-corrected chi connectivity index (χ4v) is 4.91. The van der Waals surface area contributed by atoms with Gasteiger partial charge in [-0.1, -0.05) is 12.1 Å². The monoisotopic (exact) mass is 544 g/mol. The van der Waals surface area contributed by atoms with Crippen LogP contribution in [0, 0.1) is 11.3 Å². The molecule has 0 saturated carbocycles. The summed E-state index contributed by atoms with van der Waals surface area (Å²) in [5.74, 6) is -1.04. The molecule has 3 heterocycles. The Kier molecular flexibility index (Phi) is 9.24. The van der Waals surface area contributed by atoms with Gasteiger partial charge in [0.25, 0.3) is 0 Å². The van der Waals surface area contributed by atoms with Crippen molar-refractivity contribution in [3.8, 4) is 6.07 Å². The Balaban J connectivity index is 1.44. The van der Waals surface area contributed by atoms with E-state index >= 15 is 0 Å². The second-order valence-corrected chi connectivity index (χ2v) is 10.2. The molecule has 2 saturated heterocycles. The summed E-state index contributed by atoms with van der Waals surface area (Å²) in [6, 6.07) is 10.2. The van der Waals surface area contributed by atoms with Crippen molar-refractivity contribution in [2.75, 3.05) is 76.3 Å². The summed E-state index contributed by atoms with van der Waals surface area (Å²) in [6.45, 7) is 5.27. The highest BCUT2D eigenvalue weighted by Crippen LogP contribution is 2.33. The lowest BCUT2D eigenvalue weighted by molar-refractivity contribution is -0.144. The quantitative estimate of drug-likeness (QED) is 0.515. The average molecular weight is 545 g/mol. The van der Waals surface area contributed by atoms with E-state index in [4.69, 9.17) is 5.26 Å². The van der Waals surface area contributed by atoms with Crippen molar-refractivity contribution in [2.24, 2.45) is 0 Å². The number of hydrogen-bond acceptors (Lipinski definition) is 8. The summed E-state index contributed by atoms with van der Waals surface area (Å²) in [5, 5.41) is 11.8. The zero-order valence-corrected chi connectivity index (χ0v) is 22.4. The normalized spacial score (nSPS) is 18.4. The number of aromatic nitrogens is 2. The van der Waals surface area contributed by atoms with E-state index in [1.807, 2.05) is 31.1 Å².